The van der Waals surface area contributed by atoms with Gasteiger partial charge in [-0.3, -0.25) is 33.4 Å². The summed E-state index contributed by atoms with van der Waals surface area (Å²) in [6.07, 6.45) is -10.3. The number of nitrogens with zero attached hydrogens (tertiary/aromatic N) is 2. The number of hydrogen-bond donors (Lipinski definition) is 9. The Kier molecular flexibility index (Phi) is 19.1. The molecule has 0 aromatic carbocycles. The van der Waals surface area contributed by atoms with Gasteiger partial charge in [0.25, 0.3) is 5.56 Å². The molecule has 4 saturated heterocycles. The smallest absolute Gasteiger partial charge is 0.397 e. The Balaban J connectivity index is 1.37. The number of piperidine rings is 1. The number of carbonyl (C=O) groups excluding carboxylic acids is 1. The first-order valence-electron chi connectivity index (χ1n) is 23.0. The minimum atomic E-state index is -5.50. The van der Waals surface area contributed by atoms with Gasteiger partial charge in [0.15, 0.2) is 12.5 Å². The largest absolute Gasteiger partial charge is 0.480 e. The zero-order chi connectivity index (χ0) is 49.7. The standard InChI is InChI=1S/C44H70N4O18S/c1-8-9-21(2)14-23(4)16-25(6)17-24(5)15-22(3)10-11-28(49)26(7)42(57)62-29-18-27-20-48(39(29)54)32(41(55)56)36(65-43-34(52)33(51)30(63-43)19-45-27)38-37(66-67(59,60)61)35(53)40(64-38)47-13-12-31(50)46-44(47)58/h10-13,15,21,23-30,32-40,43,45,49,51-54H,8-9,14,16-20H2,1-7H3,(H,55,56)(H,46,50,58)(H,59,60,61)/b11-10+,22-15+/t21?,23?,24?,25?,26?,27?,28?,29?,30-,32+,33-,34-,35-,36+,37+,38?,39?,40-,43+/m1/s1. The normalized spacial score (nSPS) is 35.6. The third-order valence-electron chi connectivity index (χ3n) is 13.1. The van der Waals surface area contributed by atoms with Crippen molar-refractivity contribution in [3.63, 3.8) is 0 Å². The second kappa shape index (κ2) is 23.5. The monoisotopic (exact) mass is 974 g/mol. The maximum atomic E-state index is 13.7. The van der Waals surface area contributed by atoms with Gasteiger partial charge in [0.1, 0.15) is 61.1 Å². The Labute approximate surface area is 389 Å². The van der Waals surface area contributed by atoms with Crippen molar-refractivity contribution in [1.82, 2.24) is 19.8 Å². The molecule has 9 N–H and O–H groups in total. The predicted octanol–water partition coefficient (Wildman–Crippen LogP) is 0.190. The van der Waals surface area contributed by atoms with Crippen LogP contribution in [0.15, 0.2) is 45.7 Å². The molecule has 11 unspecified atom stereocenters. The Hall–Kier alpha value is -3.43. The van der Waals surface area contributed by atoms with E-state index >= 15 is 0 Å². The summed E-state index contributed by atoms with van der Waals surface area (Å²) >= 11 is 0. The summed E-state index contributed by atoms with van der Waals surface area (Å²) in [5, 5.41) is 70.3. The molecule has 0 saturated carbocycles. The molecule has 5 heterocycles. The van der Waals surface area contributed by atoms with Crippen molar-refractivity contribution < 1.29 is 76.3 Å². The molecule has 380 valence electrons. The van der Waals surface area contributed by atoms with Crippen LogP contribution in [0.1, 0.15) is 93.2 Å². The fraction of sp³-hybridized carbons (Fsp3) is 0.773. The van der Waals surface area contributed by atoms with E-state index < -0.39 is 125 Å². The molecule has 0 radical (unpaired) electrons. The van der Waals surface area contributed by atoms with Crippen molar-refractivity contribution in [3.05, 3.63) is 56.9 Å². The molecule has 1 aromatic rings. The number of aliphatic carboxylic acids is 1. The van der Waals surface area contributed by atoms with Crippen LogP contribution in [0.4, 0.5) is 0 Å². The Morgan fingerprint density at radius 1 is 0.955 bits per heavy atom. The molecule has 0 spiro atoms. The average Bonchev–Trinajstić information content (AvgIpc) is 3.66. The molecule has 22 nitrogen and oxygen atoms in total. The van der Waals surface area contributed by atoms with Gasteiger partial charge in [-0.1, -0.05) is 71.3 Å². The van der Waals surface area contributed by atoms with Gasteiger partial charge < -0.3 is 54.9 Å². The first-order valence-corrected chi connectivity index (χ1v) is 24.4. The summed E-state index contributed by atoms with van der Waals surface area (Å²) in [5.74, 6) is -1.81. The zero-order valence-electron chi connectivity index (χ0n) is 38.9. The first-order chi connectivity index (χ1) is 31.4. The number of aliphatic hydroxyl groups excluding tert-OH is 5. The second-order valence-corrected chi connectivity index (χ2v) is 20.2. The summed E-state index contributed by atoms with van der Waals surface area (Å²) < 4.78 is 63.0. The van der Waals surface area contributed by atoms with E-state index in [4.69, 9.17) is 23.1 Å². The van der Waals surface area contributed by atoms with Gasteiger partial charge in [0.05, 0.1) is 12.0 Å². The molecule has 0 amide bonds. The summed E-state index contributed by atoms with van der Waals surface area (Å²) in [6, 6.07) is -2.16. The topological polar surface area (TPSA) is 326 Å². The van der Waals surface area contributed by atoms with Gasteiger partial charge in [0.2, 0.25) is 0 Å². The zero-order valence-corrected chi connectivity index (χ0v) is 39.8. The Morgan fingerprint density at radius 2 is 1.63 bits per heavy atom. The van der Waals surface area contributed by atoms with E-state index in [1.165, 1.54) is 32.3 Å². The van der Waals surface area contributed by atoms with Crippen molar-refractivity contribution >= 4 is 22.3 Å². The van der Waals surface area contributed by atoms with Crippen molar-refractivity contribution in [2.24, 2.45) is 29.6 Å². The summed E-state index contributed by atoms with van der Waals surface area (Å²) in [7, 11) is -5.50. The number of ether oxygens (including phenoxy) is 4. The number of carboxylic acids is 1. The summed E-state index contributed by atoms with van der Waals surface area (Å²) in [5.41, 5.74) is -1.14. The number of esters is 1. The second-order valence-electron chi connectivity index (χ2n) is 19.2. The summed E-state index contributed by atoms with van der Waals surface area (Å²) in [4.78, 5) is 54.7. The first kappa shape index (κ1) is 54.5. The number of carbonyl (C=O) groups is 2. The third-order valence-corrected chi connectivity index (χ3v) is 13.6. The highest BCUT2D eigenvalue weighted by Gasteiger charge is 2.59. The molecule has 4 fully saturated rings. The van der Waals surface area contributed by atoms with Crippen LogP contribution in [0.2, 0.25) is 0 Å². The van der Waals surface area contributed by atoms with Crippen LogP contribution in [0.25, 0.3) is 0 Å². The molecule has 23 heteroatoms. The third kappa shape index (κ3) is 14.1. The van der Waals surface area contributed by atoms with Crippen molar-refractivity contribution in [3.8, 4) is 0 Å². The maximum absolute atomic E-state index is 13.7. The van der Waals surface area contributed by atoms with Crippen LogP contribution >= 0.6 is 0 Å². The van der Waals surface area contributed by atoms with Crippen LogP contribution in [-0.2, 0) is 43.1 Å². The molecule has 5 rings (SSSR count). The van der Waals surface area contributed by atoms with E-state index in [2.05, 4.69) is 46.0 Å². The van der Waals surface area contributed by atoms with E-state index in [0.29, 0.717) is 22.3 Å². The number of fused-ring (bicyclic) bond motifs is 4. The van der Waals surface area contributed by atoms with Crippen LogP contribution in [0, 0.1) is 29.6 Å². The number of aromatic amines is 1. The minimum Gasteiger partial charge on any atom is -0.480 e. The number of aliphatic hydroxyl groups is 5. The van der Waals surface area contributed by atoms with Gasteiger partial charge in [-0.2, -0.15) is 8.42 Å². The number of rotatable bonds is 19. The van der Waals surface area contributed by atoms with Crippen LogP contribution in [-0.4, -0.2) is 163 Å². The number of carboxylic acid groups (broad SMARTS) is 1. The van der Waals surface area contributed by atoms with Crippen LogP contribution < -0.4 is 16.6 Å². The van der Waals surface area contributed by atoms with Crippen molar-refractivity contribution in [2.75, 3.05) is 13.1 Å². The molecule has 0 aliphatic carbocycles. The van der Waals surface area contributed by atoms with Gasteiger partial charge in [-0.15, -0.1) is 0 Å². The number of allylic oxidation sites excluding steroid dienone is 3. The fourth-order valence-corrected chi connectivity index (χ4v) is 10.6. The number of hydrogen-bond acceptors (Lipinski definition) is 18. The van der Waals surface area contributed by atoms with Crippen LogP contribution in [0.3, 0.4) is 0 Å². The van der Waals surface area contributed by atoms with E-state index in [1.807, 2.05) is 11.9 Å². The Bertz CT molecular complexity index is 2120. The Morgan fingerprint density at radius 3 is 2.27 bits per heavy atom. The molecule has 20 atom stereocenters. The lowest BCUT2D eigenvalue weighted by Crippen LogP contribution is -2.67. The number of aromatic nitrogens is 2. The minimum absolute atomic E-state index is 0.145. The molecular formula is C44H70N4O18S. The lowest BCUT2D eigenvalue weighted by Gasteiger charge is -2.47. The summed E-state index contributed by atoms with van der Waals surface area (Å²) in [6.45, 7) is 14.0. The molecule has 4 bridgehead atoms. The molecular weight excluding hydrogens is 905 g/mol. The average molecular weight is 975 g/mol. The lowest BCUT2D eigenvalue weighted by molar-refractivity contribution is -0.246. The highest BCUT2D eigenvalue weighted by atomic mass is 32.3. The van der Waals surface area contributed by atoms with Gasteiger partial charge in [-0.05, 0) is 56.8 Å². The van der Waals surface area contributed by atoms with Gasteiger partial charge in [0, 0.05) is 37.8 Å². The maximum Gasteiger partial charge on any atom is 0.397 e. The SMILES string of the molecule is CCCC(C)CC(C)CC(C)CC(C)/C=C(C)/C=C/C(O)C(C)C(=O)OC1CC2CN(C1O)[C@H](C(=O)O)[C@@H](C1O[C@@H](n3ccc(=O)[nH]c3=O)[C@H](O)[C@@H]1OS(=O)(=O)O)O[C@@H]1O[C@H](CN2)[C@@H](O)[C@H]1O. The lowest BCUT2D eigenvalue weighted by atomic mass is 9.84. The highest BCUT2D eigenvalue weighted by Crippen LogP contribution is 2.39. The van der Waals surface area contributed by atoms with Crippen molar-refractivity contribution in [1.29, 1.82) is 0 Å². The molecule has 67 heavy (non-hydrogen) atoms. The molecule has 4 aliphatic rings. The van der Waals surface area contributed by atoms with Crippen LogP contribution in [0.5, 0.6) is 0 Å². The number of H-pyrrole nitrogens is 1. The molecule has 4 aliphatic heterocycles. The van der Waals surface area contributed by atoms with E-state index in [0.717, 1.165) is 35.6 Å². The van der Waals surface area contributed by atoms with Gasteiger partial charge in [-0.25, -0.2) is 8.98 Å². The van der Waals surface area contributed by atoms with Crippen molar-refractivity contribution in [2.45, 2.75) is 173 Å². The van der Waals surface area contributed by atoms with E-state index in [9.17, 15) is 62.8 Å². The van der Waals surface area contributed by atoms with E-state index in [1.54, 1.807) is 6.08 Å². The quantitative estimate of drug-likeness (QED) is 0.0508. The van der Waals surface area contributed by atoms with Gasteiger partial charge >= 0.3 is 28.0 Å². The molecule has 1 aromatic heterocycles. The van der Waals surface area contributed by atoms with E-state index in [-0.39, 0.29) is 25.4 Å². The highest BCUT2D eigenvalue weighted by molar-refractivity contribution is 7.80. The number of nitrogens with one attached hydrogen (secondary N) is 2. The fourth-order valence-electron chi connectivity index (χ4n) is 10.1. The predicted molar refractivity (Wildman–Crippen MR) is 237 cm³/mol.